The Morgan fingerprint density at radius 1 is 1.29 bits per heavy atom. The molecule has 2 rings (SSSR count). The highest BCUT2D eigenvalue weighted by Crippen LogP contribution is 2.25. The fourth-order valence-corrected chi connectivity index (χ4v) is 1.44. The normalized spacial score (nSPS) is 10.3. The van der Waals surface area contributed by atoms with Gasteiger partial charge >= 0.3 is 0 Å². The summed E-state index contributed by atoms with van der Waals surface area (Å²) in [4.78, 5) is 4.00. The summed E-state index contributed by atoms with van der Waals surface area (Å²) in [6.45, 7) is 2.25. The minimum atomic E-state index is -0.325. The first-order valence-electron chi connectivity index (χ1n) is 5.27. The van der Waals surface area contributed by atoms with Gasteiger partial charge in [-0.2, -0.15) is 0 Å². The van der Waals surface area contributed by atoms with Crippen LogP contribution in [0.1, 0.15) is 11.1 Å². The van der Waals surface area contributed by atoms with Crippen molar-refractivity contribution >= 4 is 0 Å². The SMILES string of the molecule is Cc1ccc(F)cc1Oc1cncc(CN)c1. The van der Waals surface area contributed by atoms with Crippen molar-refractivity contribution in [1.82, 2.24) is 4.98 Å². The van der Waals surface area contributed by atoms with Crippen molar-refractivity contribution in [2.45, 2.75) is 13.5 Å². The second kappa shape index (κ2) is 4.93. The molecule has 2 aromatic rings. The molecule has 88 valence electrons. The molecule has 0 atom stereocenters. The molecule has 0 amide bonds. The van der Waals surface area contributed by atoms with E-state index in [1.807, 2.05) is 6.92 Å². The van der Waals surface area contributed by atoms with Gasteiger partial charge in [-0.3, -0.25) is 4.98 Å². The van der Waals surface area contributed by atoms with Crippen molar-refractivity contribution in [3.63, 3.8) is 0 Å². The van der Waals surface area contributed by atoms with Gasteiger partial charge in [0.15, 0.2) is 0 Å². The predicted molar refractivity (Wildman–Crippen MR) is 63.3 cm³/mol. The Hall–Kier alpha value is -1.94. The smallest absolute Gasteiger partial charge is 0.146 e. The van der Waals surface area contributed by atoms with Crippen LogP contribution in [0.15, 0.2) is 36.7 Å². The molecule has 3 nitrogen and oxygen atoms in total. The van der Waals surface area contributed by atoms with Gasteiger partial charge in [0, 0.05) is 18.8 Å². The summed E-state index contributed by atoms with van der Waals surface area (Å²) in [7, 11) is 0. The van der Waals surface area contributed by atoms with Crippen molar-refractivity contribution in [1.29, 1.82) is 0 Å². The molecular weight excluding hydrogens is 219 g/mol. The molecule has 0 unspecified atom stereocenters. The number of hydrogen-bond donors (Lipinski definition) is 1. The Morgan fingerprint density at radius 2 is 2.12 bits per heavy atom. The number of ether oxygens (including phenoxy) is 1. The van der Waals surface area contributed by atoms with E-state index in [0.717, 1.165) is 11.1 Å². The molecular formula is C13H13FN2O. The standard InChI is InChI=1S/C13H13FN2O/c1-9-2-3-11(14)5-13(9)17-12-4-10(6-15)7-16-8-12/h2-5,7-8H,6,15H2,1H3. The number of hydrogen-bond acceptors (Lipinski definition) is 3. The molecule has 1 heterocycles. The van der Waals surface area contributed by atoms with E-state index >= 15 is 0 Å². The fourth-order valence-electron chi connectivity index (χ4n) is 1.44. The van der Waals surface area contributed by atoms with E-state index < -0.39 is 0 Å². The molecule has 0 spiro atoms. The van der Waals surface area contributed by atoms with E-state index in [1.165, 1.54) is 12.1 Å². The second-order valence-corrected chi connectivity index (χ2v) is 3.74. The van der Waals surface area contributed by atoms with Crippen LogP contribution in [0.25, 0.3) is 0 Å². The zero-order valence-electron chi connectivity index (χ0n) is 9.48. The molecule has 4 heteroatoms. The molecule has 0 fully saturated rings. The Balaban J connectivity index is 2.27. The largest absolute Gasteiger partial charge is 0.455 e. The zero-order valence-corrected chi connectivity index (χ0v) is 9.48. The topological polar surface area (TPSA) is 48.1 Å². The highest BCUT2D eigenvalue weighted by molar-refractivity contribution is 5.37. The maximum atomic E-state index is 13.1. The van der Waals surface area contributed by atoms with Crippen LogP contribution in [0.3, 0.4) is 0 Å². The van der Waals surface area contributed by atoms with Gasteiger partial charge in [-0.25, -0.2) is 4.39 Å². The summed E-state index contributed by atoms with van der Waals surface area (Å²) in [5.41, 5.74) is 7.25. The van der Waals surface area contributed by atoms with Crippen molar-refractivity contribution in [2.24, 2.45) is 5.73 Å². The highest BCUT2D eigenvalue weighted by Gasteiger charge is 2.04. The van der Waals surface area contributed by atoms with Crippen LogP contribution in [-0.2, 0) is 6.54 Å². The van der Waals surface area contributed by atoms with Gasteiger partial charge in [-0.05, 0) is 30.2 Å². The summed E-state index contributed by atoms with van der Waals surface area (Å²) in [6, 6.07) is 6.21. The lowest BCUT2D eigenvalue weighted by Crippen LogP contribution is -1.97. The van der Waals surface area contributed by atoms with E-state index in [2.05, 4.69) is 4.98 Å². The molecule has 17 heavy (non-hydrogen) atoms. The summed E-state index contributed by atoms with van der Waals surface area (Å²) in [5.74, 6) is 0.719. The molecule has 2 N–H and O–H groups in total. The average Bonchev–Trinajstić information content (AvgIpc) is 2.34. The average molecular weight is 232 g/mol. The van der Waals surface area contributed by atoms with E-state index in [0.29, 0.717) is 18.0 Å². The van der Waals surface area contributed by atoms with Crippen LogP contribution in [0.4, 0.5) is 4.39 Å². The monoisotopic (exact) mass is 232 g/mol. The van der Waals surface area contributed by atoms with Gasteiger partial charge in [-0.15, -0.1) is 0 Å². The van der Waals surface area contributed by atoms with E-state index in [-0.39, 0.29) is 5.82 Å². The molecule has 0 aliphatic carbocycles. The van der Waals surface area contributed by atoms with Crippen LogP contribution < -0.4 is 10.5 Å². The Labute approximate surface area is 99.1 Å². The van der Waals surface area contributed by atoms with Crippen LogP contribution >= 0.6 is 0 Å². The van der Waals surface area contributed by atoms with Crippen molar-refractivity contribution in [3.8, 4) is 11.5 Å². The minimum absolute atomic E-state index is 0.325. The maximum absolute atomic E-state index is 13.1. The van der Waals surface area contributed by atoms with Gasteiger partial charge in [0.25, 0.3) is 0 Å². The first-order valence-corrected chi connectivity index (χ1v) is 5.27. The summed E-state index contributed by atoms with van der Waals surface area (Å²) < 4.78 is 18.7. The number of aryl methyl sites for hydroxylation is 1. The molecule has 1 aromatic carbocycles. The van der Waals surface area contributed by atoms with Crippen LogP contribution in [0, 0.1) is 12.7 Å². The summed E-state index contributed by atoms with van der Waals surface area (Å²) in [6.07, 6.45) is 3.24. The third-order valence-corrected chi connectivity index (χ3v) is 2.38. The zero-order chi connectivity index (χ0) is 12.3. The predicted octanol–water partition coefficient (Wildman–Crippen LogP) is 2.78. The Bertz CT molecular complexity index is 529. The summed E-state index contributed by atoms with van der Waals surface area (Å²) in [5, 5.41) is 0. The fraction of sp³-hybridized carbons (Fsp3) is 0.154. The Kier molecular flexibility index (Phi) is 3.35. The quantitative estimate of drug-likeness (QED) is 0.885. The first kappa shape index (κ1) is 11.5. The second-order valence-electron chi connectivity index (χ2n) is 3.74. The van der Waals surface area contributed by atoms with E-state index in [9.17, 15) is 4.39 Å². The third-order valence-electron chi connectivity index (χ3n) is 2.38. The number of benzene rings is 1. The number of nitrogens with zero attached hydrogens (tertiary/aromatic N) is 1. The molecule has 1 aromatic heterocycles. The number of rotatable bonds is 3. The number of nitrogens with two attached hydrogens (primary N) is 1. The van der Waals surface area contributed by atoms with Crippen molar-refractivity contribution < 1.29 is 9.13 Å². The lowest BCUT2D eigenvalue weighted by Gasteiger charge is -2.09. The van der Waals surface area contributed by atoms with Gasteiger partial charge in [0.05, 0.1) is 6.20 Å². The van der Waals surface area contributed by atoms with Crippen molar-refractivity contribution in [2.75, 3.05) is 0 Å². The van der Waals surface area contributed by atoms with Crippen LogP contribution in [0.2, 0.25) is 0 Å². The molecule has 0 aliphatic heterocycles. The van der Waals surface area contributed by atoms with Gasteiger partial charge in [0.2, 0.25) is 0 Å². The number of pyridine rings is 1. The van der Waals surface area contributed by atoms with Crippen molar-refractivity contribution in [3.05, 3.63) is 53.6 Å². The maximum Gasteiger partial charge on any atom is 0.146 e. The van der Waals surface area contributed by atoms with Gasteiger partial charge < -0.3 is 10.5 Å². The van der Waals surface area contributed by atoms with E-state index in [4.69, 9.17) is 10.5 Å². The summed E-state index contributed by atoms with van der Waals surface area (Å²) >= 11 is 0. The first-order chi connectivity index (χ1) is 8.19. The number of halogens is 1. The van der Waals surface area contributed by atoms with Gasteiger partial charge in [-0.1, -0.05) is 6.07 Å². The molecule has 0 saturated heterocycles. The van der Waals surface area contributed by atoms with Crippen LogP contribution in [-0.4, -0.2) is 4.98 Å². The Morgan fingerprint density at radius 3 is 2.88 bits per heavy atom. The molecule has 0 aliphatic rings. The van der Waals surface area contributed by atoms with Gasteiger partial charge in [0.1, 0.15) is 17.3 Å². The van der Waals surface area contributed by atoms with Crippen LogP contribution in [0.5, 0.6) is 11.5 Å². The highest BCUT2D eigenvalue weighted by atomic mass is 19.1. The minimum Gasteiger partial charge on any atom is -0.455 e. The molecule has 0 saturated carbocycles. The third kappa shape index (κ3) is 2.79. The molecule has 0 radical (unpaired) electrons. The lowest BCUT2D eigenvalue weighted by atomic mass is 10.2. The molecule has 0 bridgehead atoms. The number of aromatic nitrogens is 1. The lowest BCUT2D eigenvalue weighted by molar-refractivity contribution is 0.470. The van der Waals surface area contributed by atoms with E-state index in [1.54, 1.807) is 24.5 Å².